The molecular weight excluding hydrogens is 245 g/mol. The lowest BCUT2D eigenvalue weighted by Crippen LogP contribution is -2.23. The van der Waals surface area contributed by atoms with Crippen molar-refractivity contribution in [3.8, 4) is 0 Å². The van der Waals surface area contributed by atoms with Crippen LogP contribution in [0.4, 0.5) is 14.5 Å². The van der Waals surface area contributed by atoms with Gasteiger partial charge in [-0.15, -0.1) is 0 Å². The fraction of sp³-hybridized carbons (Fsp3) is 0. The lowest BCUT2D eigenvalue weighted by molar-refractivity contribution is 0.565. The van der Waals surface area contributed by atoms with Crippen molar-refractivity contribution in [1.29, 1.82) is 0 Å². The monoisotopic (exact) mass is 251 g/mol. The van der Waals surface area contributed by atoms with E-state index in [2.05, 4.69) is 23.5 Å². The molecule has 3 unspecified atom stereocenters. The van der Waals surface area contributed by atoms with E-state index >= 15 is 0 Å². The molecule has 2 nitrogen and oxygen atoms in total. The van der Waals surface area contributed by atoms with Crippen molar-refractivity contribution in [2.45, 2.75) is 0 Å². The van der Waals surface area contributed by atoms with Gasteiger partial charge in [0.2, 0.25) is 6.08 Å². The average Bonchev–Trinajstić information content (AvgIpc) is 2.19. The van der Waals surface area contributed by atoms with Crippen LogP contribution in [0.15, 0.2) is 4.99 Å². The molecule has 0 radical (unpaired) electrons. The molecule has 0 aromatic heterocycles. The third kappa shape index (κ3) is 1.90. The Kier molecular flexibility index (Phi) is 3.81. The second-order valence-corrected chi connectivity index (χ2v) is 4.15. The highest BCUT2D eigenvalue weighted by atomic mass is 31.0. The van der Waals surface area contributed by atoms with Crippen molar-refractivity contribution in [3.05, 3.63) is 11.6 Å². The van der Waals surface area contributed by atoms with Gasteiger partial charge in [0.05, 0.1) is 5.69 Å². The van der Waals surface area contributed by atoms with E-state index in [0.29, 0.717) is 0 Å². The normalized spacial score (nSPS) is 9.79. The number of hydrogen-bond donors (Lipinski definition) is 0. The van der Waals surface area contributed by atoms with Crippen LogP contribution in [0.2, 0.25) is 0 Å². The van der Waals surface area contributed by atoms with E-state index in [4.69, 9.17) is 0 Å². The second-order valence-electron chi connectivity index (χ2n) is 2.42. The van der Waals surface area contributed by atoms with Crippen molar-refractivity contribution in [1.82, 2.24) is 0 Å². The Morgan fingerprint density at radius 1 is 1.00 bits per heavy atom. The zero-order chi connectivity index (χ0) is 10.9. The minimum Gasteiger partial charge on any atom is -0.211 e. The van der Waals surface area contributed by atoms with Crippen LogP contribution in [0.3, 0.4) is 0 Å². The van der Waals surface area contributed by atoms with Gasteiger partial charge in [0, 0.05) is 15.9 Å². The molecular formula is C7H6F2NOP3. The van der Waals surface area contributed by atoms with Crippen molar-refractivity contribution in [2.75, 3.05) is 0 Å². The number of nitrogens with zero attached hydrogens (tertiary/aromatic N) is 1. The topological polar surface area (TPSA) is 29.4 Å². The van der Waals surface area contributed by atoms with E-state index in [1.807, 2.05) is 9.24 Å². The van der Waals surface area contributed by atoms with Gasteiger partial charge >= 0.3 is 0 Å². The Balaban J connectivity index is 3.67. The summed E-state index contributed by atoms with van der Waals surface area (Å²) in [5.41, 5.74) is -0.0591. The summed E-state index contributed by atoms with van der Waals surface area (Å²) in [6.07, 6.45) is 1.25. The third-order valence-corrected chi connectivity index (χ3v) is 3.17. The molecule has 74 valence electrons. The molecule has 7 heteroatoms. The van der Waals surface area contributed by atoms with Crippen LogP contribution in [-0.2, 0) is 4.79 Å². The van der Waals surface area contributed by atoms with Gasteiger partial charge in [-0.25, -0.2) is 13.6 Å². The maximum Gasteiger partial charge on any atom is 0.240 e. The number of aliphatic imine (C=N–C) groups is 1. The van der Waals surface area contributed by atoms with Gasteiger partial charge < -0.3 is 0 Å². The molecule has 0 amide bonds. The summed E-state index contributed by atoms with van der Waals surface area (Å²) in [6.45, 7) is 0. The van der Waals surface area contributed by atoms with Crippen LogP contribution >= 0.6 is 27.7 Å². The Labute approximate surface area is 86.2 Å². The number of carbonyl (C=O) groups excluding carboxylic acids is 1. The number of rotatable bonds is 1. The molecule has 0 saturated heterocycles. The first kappa shape index (κ1) is 11.8. The highest BCUT2D eigenvalue weighted by Gasteiger charge is 2.17. The van der Waals surface area contributed by atoms with Gasteiger partial charge in [-0.1, -0.05) is 27.7 Å². The maximum absolute atomic E-state index is 13.3. The number of benzene rings is 1. The summed E-state index contributed by atoms with van der Waals surface area (Å²) in [5.74, 6) is -1.50. The van der Waals surface area contributed by atoms with E-state index in [0.717, 1.165) is 0 Å². The van der Waals surface area contributed by atoms with Gasteiger partial charge in [-0.2, -0.15) is 4.99 Å². The van der Waals surface area contributed by atoms with Gasteiger partial charge in [-0.3, -0.25) is 0 Å². The molecule has 3 atom stereocenters. The zero-order valence-corrected chi connectivity index (χ0v) is 10.3. The Hall–Kier alpha value is -0.250. The second kappa shape index (κ2) is 4.51. The quantitative estimate of drug-likeness (QED) is 0.404. The molecule has 1 rings (SSSR count). The molecule has 0 fully saturated rings. The first-order valence-corrected chi connectivity index (χ1v) is 5.13. The first-order valence-electron chi connectivity index (χ1n) is 3.40. The van der Waals surface area contributed by atoms with Crippen LogP contribution in [0.25, 0.3) is 0 Å². The van der Waals surface area contributed by atoms with E-state index in [9.17, 15) is 13.6 Å². The maximum atomic E-state index is 13.3. The molecule has 0 spiro atoms. The van der Waals surface area contributed by atoms with E-state index in [-0.39, 0.29) is 21.6 Å². The summed E-state index contributed by atoms with van der Waals surface area (Å²) < 4.78 is 26.5. The van der Waals surface area contributed by atoms with Crippen molar-refractivity contribution < 1.29 is 13.6 Å². The van der Waals surface area contributed by atoms with Gasteiger partial charge in [0.1, 0.15) is 11.6 Å². The minimum absolute atomic E-state index is 0.0461. The Morgan fingerprint density at radius 2 is 1.43 bits per heavy atom. The van der Waals surface area contributed by atoms with Crippen LogP contribution in [0, 0.1) is 11.6 Å². The highest BCUT2D eigenvalue weighted by molar-refractivity contribution is 7.32. The van der Waals surface area contributed by atoms with E-state index < -0.39 is 11.6 Å². The molecule has 0 heterocycles. The number of hydrogen-bond acceptors (Lipinski definition) is 2. The summed E-state index contributed by atoms with van der Waals surface area (Å²) in [5, 5.41) is -0.0839. The summed E-state index contributed by atoms with van der Waals surface area (Å²) >= 11 is 0. The predicted molar refractivity (Wildman–Crippen MR) is 62.2 cm³/mol. The van der Waals surface area contributed by atoms with Crippen molar-refractivity contribution in [3.63, 3.8) is 0 Å². The lowest BCUT2D eigenvalue weighted by Gasteiger charge is -2.08. The predicted octanol–water partition coefficient (Wildman–Crippen LogP) is 0.433. The first-order chi connectivity index (χ1) is 6.50. The molecule has 1 aromatic rings. The molecule has 0 aliphatic heterocycles. The molecule has 0 saturated carbocycles. The zero-order valence-electron chi connectivity index (χ0n) is 6.84. The number of halogens is 2. The largest absolute Gasteiger partial charge is 0.240 e. The minimum atomic E-state index is -0.752. The van der Waals surface area contributed by atoms with Crippen LogP contribution in [-0.4, -0.2) is 6.08 Å². The van der Waals surface area contributed by atoms with Gasteiger partial charge in [0.15, 0.2) is 0 Å². The Bertz CT molecular complexity index is 414. The molecule has 0 aliphatic rings. The van der Waals surface area contributed by atoms with Crippen LogP contribution in [0.1, 0.15) is 0 Å². The average molecular weight is 251 g/mol. The lowest BCUT2D eigenvalue weighted by atomic mass is 10.3. The molecule has 14 heavy (non-hydrogen) atoms. The fourth-order valence-electron chi connectivity index (χ4n) is 0.906. The summed E-state index contributed by atoms with van der Waals surface area (Å²) in [4.78, 5) is 13.3. The highest BCUT2D eigenvalue weighted by Crippen LogP contribution is 2.17. The Morgan fingerprint density at radius 3 is 1.79 bits per heavy atom. The molecule has 0 N–H and O–H groups in total. The van der Waals surface area contributed by atoms with Crippen molar-refractivity contribution >= 4 is 55.4 Å². The molecule has 0 bridgehead atoms. The van der Waals surface area contributed by atoms with E-state index in [1.165, 1.54) is 6.08 Å². The fourth-order valence-corrected chi connectivity index (χ4v) is 2.47. The smallest absolute Gasteiger partial charge is 0.211 e. The standard InChI is InChI=1S/C7H6F2NOP3/c8-2-5(12)3(9)7(14)4(6(2)13)10-1-11/h12-14H2. The van der Waals surface area contributed by atoms with Crippen molar-refractivity contribution in [2.24, 2.45) is 4.99 Å². The molecule has 1 aromatic carbocycles. The van der Waals surface area contributed by atoms with Gasteiger partial charge in [-0.05, 0) is 0 Å². The SMILES string of the molecule is O=C=Nc1c(P)c(F)c(P)c(F)c1P. The number of isocyanates is 1. The third-order valence-electron chi connectivity index (χ3n) is 1.61. The summed E-state index contributed by atoms with van der Waals surface area (Å²) in [7, 11) is 6.09. The van der Waals surface area contributed by atoms with Crippen LogP contribution < -0.4 is 15.9 Å². The molecule has 0 aliphatic carbocycles. The summed E-state index contributed by atoms with van der Waals surface area (Å²) in [6, 6.07) is 0. The van der Waals surface area contributed by atoms with E-state index in [1.54, 1.807) is 0 Å². The van der Waals surface area contributed by atoms with Gasteiger partial charge in [0.25, 0.3) is 0 Å². The van der Waals surface area contributed by atoms with Crippen LogP contribution in [0.5, 0.6) is 0 Å².